The SMILES string of the molecule is CC(C)c1ccc(NC(=O)CSc2nnc(-c3cnn(C)c3)n2C2CC2)cc1. The molecule has 1 aliphatic carbocycles. The summed E-state index contributed by atoms with van der Waals surface area (Å²) < 4.78 is 3.90. The lowest BCUT2D eigenvalue weighted by molar-refractivity contribution is -0.113. The molecule has 7 nitrogen and oxygen atoms in total. The van der Waals surface area contributed by atoms with Crippen LogP contribution in [0, 0.1) is 0 Å². The minimum Gasteiger partial charge on any atom is -0.325 e. The van der Waals surface area contributed by atoms with Crippen LogP contribution >= 0.6 is 11.8 Å². The molecule has 0 spiro atoms. The van der Waals surface area contributed by atoms with Gasteiger partial charge in [0.1, 0.15) is 0 Å². The fraction of sp³-hybridized carbons (Fsp3) is 0.400. The Morgan fingerprint density at radius 2 is 2.00 bits per heavy atom. The molecule has 1 aliphatic rings. The lowest BCUT2D eigenvalue weighted by Gasteiger charge is -2.09. The Morgan fingerprint density at radius 3 is 2.61 bits per heavy atom. The molecule has 2 heterocycles. The van der Waals surface area contributed by atoms with Gasteiger partial charge in [-0.25, -0.2) is 0 Å². The minimum absolute atomic E-state index is 0.0458. The topological polar surface area (TPSA) is 77.6 Å². The average Bonchev–Trinajstić information content (AvgIpc) is 3.28. The van der Waals surface area contributed by atoms with Crippen molar-refractivity contribution >= 4 is 23.4 Å². The fourth-order valence-electron chi connectivity index (χ4n) is 3.05. The Labute approximate surface area is 168 Å². The van der Waals surface area contributed by atoms with Crippen LogP contribution < -0.4 is 5.32 Å². The molecular weight excluding hydrogens is 372 g/mol. The number of carbonyl (C=O) groups is 1. The van der Waals surface area contributed by atoms with Crippen molar-refractivity contribution in [2.75, 3.05) is 11.1 Å². The van der Waals surface area contributed by atoms with Gasteiger partial charge in [-0.1, -0.05) is 37.7 Å². The van der Waals surface area contributed by atoms with E-state index in [0.717, 1.165) is 35.1 Å². The van der Waals surface area contributed by atoms with Gasteiger partial charge in [-0.3, -0.25) is 14.0 Å². The molecule has 0 radical (unpaired) electrons. The zero-order valence-electron chi connectivity index (χ0n) is 16.3. The molecule has 146 valence electrons. The number of rotatable bonds is 7. The van der Waals surface area contributed by atoms with Crippen LogP contribution in [0.4, 0.5) is 5.69 Å². The first-order chi connectivity index (χ1) is 13.5. The largest absolute Gasteiger partial charge is 0.325 e. The Balaban J connectivity index is 1.42. The molecule has 4 rings (SSSR count). The van der Waals surface area contributed by atoms with Crippen LogP contribution in [0.15, 0.2) is 41.8 Å². The van der Waals surface area contributed by atoms with Gasteiger partial charge in [0.2, 0.25) is 5.91 Å². The molecule has 8 heteroatoms. The highest BCUT2D eigenvalue weighted by Crippen LogP contribution is 2.41. The zero-order chi connectivity index (χ0) is 19.7. The van der Waals surface area contributed by atoms with E-state index in [1.165, 1.54) is 17.3 Å². The normalized spacial score (nSPS) is 13.9. The fourth-order valence-corrected chi connectivity index (χ4v) is 3.85. The molecule has 3 aromatic rings. The molecule has 1 aromatic carbocycles. The Morgan fingerprint density at radius 1 is 1.25 bits per heavy atom. The second-order valence-electron chi connectivity index (χ2n) is 7.42. The van der Waals surface area contributed by atoms with Crippen molar-refractivity contribution in [1.29, 1.82) is 0 Å². The summed E-state index contributed by atoms with van der Waals surface area (Å²) in [7, 11) is 1.88. The predicted octanol–water partition coefficient (Wildman–Crippen LogP) is 3.87. The lowest BCUT2D eigenvalue weighted by Crippen LogP contribution is -2.14. The summed E-state index contributed by atoms with van der Waals surface area (Å²) in [5, 5.41) is 16.7. The highest BCUT2D eigenvalue weighted by atomic mass is 32.2. The molecule has 1 N–H and O–H groups in total. The number of hydrogen-bond donors (Lipinski definition) is 1. The van der Waals surface area contributed by atoms with Gasteiger partial charge in [0.25, 0.3) is 0 Å². The summed E-state index contributed by atoms with van der Waals surface area (Å²) >= 11 is 1.42. The zero-order valence-corrected chi connectivity index (χ0v) is 17.1. The first-order valence-corrected chi connectivity index (χ1v) is 10.5. The van der Waals surface area contributed by atoms with Crippen LogP contribution in [-0.2, 0) is 11.8 Å². The van der Waals surface area contributed by atoms with Crippen LogP contribution in [0.3, 0.4) is 0 Å². The van der Waals surface area contributed by atoms with Crippen molar-refractivity contribution in [2.45, 2.75) is 43.8 Å². The number of thioether (sulfide) groups is 1. The lowest BCUT2D eigenvalue weighted by atomic mass is 10.0. The van der Waals surface area contributed by atoms with E-state index in [-0.39, 0.29) is 5.91 Å². The van der Waals surface area contributed by atoms with Crippen molar-refractivity contribution in [3.63, 3.8) is 0 Å². The van der Waals surface area contributed by atoms with Crippen LogP contribution in [0.2, 0.25) is 0 Å². The van der Waals surface area contributed by atoms with E-state index in [9.17, 15) is 4.79 Å². The van der Waals surface area contributed by atoms with Crippen LogP contribution in [0.25, 0.3) is 11.4 Å². The standard InChI is InChI=1S/C20H24N6OS/c1-13(2)14-4-6-16(7-5-14)22-18(27)12-28-20-24-23-19(26(20)17-8-9-17)15-10-21-25(3)11-15/h4-7,10-11,13,17H,8-9,12H2,1-3H3,(H,22,27). The van der Waals surface area contributed by atoms with Gasteiger partial charge in [0, 0.05) is 25.0 Å². The third-order valence-electron chi connectivity index (χ3n) is 4.73. The molecular formula is C20H24N6OS. The van der Waals surface area contributed by atoms with Crippen LogP contribution in [-0.4, -0.2) is 36.2 Å². The maximum Gasteiger partial charge on any atom is 0.234 e. The number of carbonyl (C=O) groups excluding carboxylic acids is 1. The Bertz CT molecular complexity index is 971. The molecule has 1 saturated carbocycles. The van der Waals surface area contributed by atoms with E-state index < -0.39 is 0 Å². The smallest absolute Gasteiger partial charge is 0.234 e. The number of anilines is 1. The third-order valence-corrected chi connectivity index (χ3v) is 5.68. The number of amides is 1. The van der Waals surface area contributed by atoms with Gasteiger partial charge < -0.3 is 5.32 Å². The van der Waals surface area contributed by atoms with Gasteiger partial charge in [-0.15, -0.1) is 10.2 Å². The van der Waals surface area contributed by atoms with Crippen molar-refractivity contribution in [1.82, 2.24) is 24.5 Å². The summed E-state index contributed by atoms with van der Waals surface area (Å²) in [4.78, 5) is 12.4. The molecule has 1 fully saturated rings. The van der Waals surface area contributed by atoms with Crippen molar-refractivity contribution < 1.29 is 4.79 Å². The van der Waals surface area contributed by atoms with Gasteiger partial charge in [0.05, 0.1) is 17.5 Å². The Kier molecular flexibility index (Phi) is 5.21. The summed E-state index contributed by atoms with van der Waals surface area (Å²) in [5.41, 5.74) is 3.02. The second kappa shape index (κ2) is 7.79. The Hall–Kier alpha value is -2.61. The van der Waals surface area contributed by atoms with E-state index in [1.54, 1.807) is 10.9 Å². The molecule has 0 bridgehead atoms. The molecule has 0 unspecified atom stereocenters. The van der Waals surface area contributed by atoms with Gasteiger partial charge >= 0.3 is 0 Å². The van der Waals surface area contributed by atoms with E-state index in [2.05, 4.69) is 51.2 Å². The van der Waals surface area contributed by atoms with Gasteiger partial charge in [0.15, 0.2) is 11.0 Å². The second-order valence-corrected chi connectivity index (χ2v) is 8.37. The van der Waals surface area contributed by atoms with Gasteiger partial charge in [-0.05, 0) is 36.5 Å². The first-order valence-electron chi connectivity index (χ1n) is 9.48. The van der Waals surface area contributed by atoms with E-state index in [1.807, 2.05) is 25.4 Å². The number of aryl methyl sites for hydroxylation is 1. The summed E-state index contributed by atoms with van der Waals surface area (Å²) in [6.45, 7) is 4.31. The summed E-state index contributed by atoms with van der Waals surface area (Å²) in [6, 6.07) is 8.42. The van der Waals surface area contributed by atoms with E-state index in [0.29, 0.717) is 17.7 Å². The quantitative estimate of drug-likeness (QED) is 0.614. The summed E-state index contributed by atoms with van der Waals surface area (Å²) in [5.74, 6) is 1.55. The number of nitrogens with one attached hydrogen (secondary N) is 1. The van der Waals surface area contributed by atoms with Crippen molar-refractivity contribution in [3.05, 3.63) is 42.2 Å². The molecule has 2 aromatic heterocycles. The maximum absolute atomic E-state index is 12.4. The average molecular weight is 397 g/mol. The number of hydrogen-bond acceptors (Lipinski definition) is 5. The van der Waals surface area contributed by atoms with E-state index in [4.69, 9.17) is 0 Å². The van der Waals surface area contributed by atoms with Crippen molar-refractivity contribution in [3.8, 4) is 11.4 Å². The maximum atomic E-state index is 12.4. The number of nitrogens with zero attached hydrogens (tertiary/aromatic N) is 5. The highest BCUT2D eigenvalue weighted by molar-refractivity contribution is 7.99. The highest BCUT2D eigenvalue weighted by Gasteiger charge is 2.30. The predicted molar refractivity (Wildman–Crippen MR) is 110 cm³/mol. The molecule has 28 heavy (non-hydrogen) atoms. The number of aromatic nitrogens is 5. The first kappa shape index (κ1) is 18.7. The molecule has 0 aliphatic heterocycles. The van der Waals surface area contributed by atoms with E-state index >= 15 is 0 Å². The minimum atomic E-state index is -0.0458. The summed E-state index contributed by atoms with van der Waals surface area (Å²) in [6.07, 6.45) is 5.97. The van der Waals surface area contributed by atoms with Gasteiger partial charge in [-0.2, -0.15) is 5.10 Å². The third kappa shape index (κ3) is 4.11. The van der Waals surface area contributed by atoms with Crippen molar-refractivity contribution in [2.24, 2.45) is 7.05 Å². The number of benzene rings is 1. The molecule has 0 atom stereocenters. The van der Waals surface area contributed by atoms with Crippen LogP contribution in [0.1, 0.15) is 44.2 Å². The van der Waals surface area contributed by atoms with Crippen LogP contribution in [0.5, 0.6) is 0 Å². The molecule has 1 amide bonds. The monoisotopic (exact) mass is 396 g/mol. The molecule has 0 saturated heterocycles.